The average molecular weight is 271 g/mol. The van der Waals surface area contributed by atoms with Crippen LogP contribution >= 0.6 is 0 Å². The number of benzene rings is 1. The first kappa shape index (κ1) is 12.9. The molecule has 104 valence electrons. The van der Waals surface area contributed by atoms with Crippen LogP contribution in [-0.2, 0) is 4.79 Å². The highest BCUT2D eigenvalue weighted by molar-refractivity contribution is 5.95. The first-order valence-electron chi connectivity index (χ1n) is 6.95. The van der Waals surface area contributed by atoms with Gasteiger partial charge in [0, 0.05) is 24.2 Å². The summed E-state index contributed by atoms with van der Waals surface area (Å²) < 4.78 is 0. The summed E-state index contributed by atoms with van der Waals surface area (Å²) in [5, 5.41) is 8.64. The molecule has 2 bridgehead atoms. The fraction of sp³-hybridized carbons (Fsp3) is 0.375. The van der Waals surface area contributed by atoms with E-state index >= 15 is 0 Å². The van der Waals surface area contributed by atoms with Gasteiger partial charge in [-0.15, -0.1) is 0 Å². The van der Waals surface area contributed by atoms with Crippen LogP contribution in [0.25, 0.3) is 6.08 Å². The normalized spacial score (nSPS) is 24.5. The lowest BCUT2D eigenvalue weighted by Gasteiger charge is -2.27. The predicted octanol–water partition coefficient (Wildman–Crippen LogP) is 2.41. The molecule has 2 unspecified atom stereocenters. The Balaban J connectivity index is 1.78. The fourth-order valence-corrected chi connectivity index (χ4v) is 3.28. The van der Waals surface area contributed by atoms with Crippen LogP contribution in [0.3, 0.4) is 0 Å². The van der Waals surface area contributed by atoms with Gasteiger partial charge in [-0.25, -0.2) is 4.79 Å². The molecule has 4 heteroatoms. The van der Waals surface area contributed by atoms with Gasteiger partial charge in [0.2, 0.25) is 0 Å². The van der Waals surface area contributed by atoms with Crippen molar-refractivity contribution >= 4 is 18.0 Å². The first-order chi connectivity index (χ1) is 9.63. The second kappa shape index (κ2) is 5.12. The van der Waals surface area contributed by atoms with E-state index < -0.39 is 5.97 Å². The minimum absolute atomic E-state index is 0.0720. The Morgan fingerprint density at radius 1 is 1.30 bits per heavy atom. The van der Waals surface area contributed by atoms with Crippen LogP contribution in [0.2, 0.25) is 0 Å². The number of likely N-dealkylation sites (tertiary alicyclic amines) is 1. The van der Waals surface area contributed by atoms with Crippen molar-refractivity contribution < 1.29 is 14.7 Å². The summed E-state index contributed by atoms with van der Waals surface area (Å²) in [6.45, 7) is 0.874. The van der Waals surface area contributed by atoms with Gasteiger partial charge in [0.05, 0.1) is 0 Å². The maximum Gasteiger partial charge on any atom is 0.328 e. The molecule has 3 rings (SSSR count). The fourth-order valence-electron chi connectivity index (χ4n) is 3.28. The van der Waals surface area contributed by atoms with Crippen molar-refractivity contribution in [2.75, 3.05) is 6.54 Å². The van der Waals surface area contributed by atoms with Crippen molar-refractivity contribution in [1.29, 1.82) is 0 Å². The lowest BCUT2D eigenvalue weighted by atomic mass is 10.1. The maximum atomic E-state index is 12.5. The molecule has 20 heavy (non-hydrogen) atoms. The van der Waals surface area contributed by atoms with Crippen LogP contribution in [0.1, 0.15) is 35.2 Å². The van der Waals surface area contributed by atoms with Gasteiger partial charge in [0.25, 0.3) is 5.91 Å². The van der Waals surface area contributed by atoms with Gasteiger partial charge in [-0.1, -0.05) is 12.1 Å². The van der Waals surface area contributed by atoms with Crippen LogP contribution in [0, 0.1) is 5.92 Å². The van der Waals surface area contributed by atoms with E-state index in [0.717, 1.165) is 31.0 Å². The molecular formula is C16H17NO3. The van der Waals surface area contributed by atoms with Crippen LogP contribution in [-0.4, -0.2) is 34.5 Å². The van der Waals surface area contributed by atoms with Crippen LogP contribution in [0.4, 0.5) is 0 Å². The van der Waals surface area contributed by atoms with E-state index in [4.69, 9.17) is 5.11 Å². The third kappa shape index (κ3) is 2.46. The van der Waals surface area contributed by atoms with Crippen molar-refractivity contribution in [2.45, 2.75) is 25.3 Å². The molecule has 0 aromatic heterocycles. The summed E-state index contributed by atoms with van der Waals surface area (Å²) in [5.41, 5.74) is 1.38. The summed E-state index contributed by atoms with van der Waals surface area (Å²) >= 11 is 0. The van der Waals surface area contributed by atoms with Gasteiger partial charge in [-0.05, 0) is 49.0 Å². The predicted molar refractivity (Wildman–Crippen MR) is 75.3 cm³/mol. The Morgan fingerprint density at radius 3 is 2.80 bits per heavy atom. The number of carbonyl (C=O) groups excluding carboxylic acids is 1. The highest BCUT2D eigenvalue weighted by atomic mass is 16.4. The second-order valence-corrected chi connectivity index (χ2v) is 5.59. The molecule has 1 saturated heterocycles. The average Bonchev–Trinajstić information content (AvgIpc) is 3.07. The molecule has 1 aliphatic heterocycles. The highest BCUT2D eigenvalue weighted by Crippen LogP contribution is 2.38. The Morgan fingerprint density at radius 2 is 2.15 bits per heavy atom. The lowest BCUT2D eigenvalue weighted by molar-refractivity contribution is -0.131. The molecule has 1 saturated carbocycles. The monoisotopic (exact) mass is 271 g/mol. The SMILES string of the molecule is O=C(O)C=Cc1cccc(C(=O)N2CC3CCC2C3)c1. The number of fused-ring (bicyclic) bond motifs is 2. The number of nitrogens with zero attached hydrogens (tertiary/aromatic N) is 1. The Bertz CT molecular complexity index is 579. The minimum Gasteiger partial charge on any atom is -0.478 e. The number of piperidine rings is 1. The summed E-state index contributed by atoms with van der Waals surface area (Å²) in [4.78, 5) is 25.0. The molecule has 0 spiro atoms. The molecule has 1 aromatic carbocycles. The molecule has 2 aliphatic rings. The lowest BCUT2D eigenvalue weighted by Crippen LogP contribution is -2.37. The van der Waals surface area contributed by atoms with Crippen molar-refractivity contribution in [3.63, 3.8) is 0 Å². The van der Waals surface area contributed by atoms with Crippen LogP contribution in [0.5, 0.6) is 0 Å². The van der Waals surface area contributed by atoms with E-state index in [1.165, 1.54) is 12.5 Å². The van der Waals surface area contributed by atoms with E-state index in [9.17, 15) is 9.59 Å². The van der Waals surface area contributed by atoms with E-state index in [2.05, 4.69) is 0 Å². The molecule has 4 nitrogen and oxygen atoms in total. The largest absolute Gasteiger partial charge is 0.478 e. The smallest absolute Gasteiger partial charge is 0.328 e. The molecule has 1 amide bonds. The number of hydrogen-bond acceptors (Lipinski definition) is 2. The van der Waals surface area contributed by atoms with E-state index in [1.54, 1.807) is 24.3 Å². The molecule has 2 atom stereocenters. The number of aliphatic carboxylic acids is 1. The molecule has 1 aromatic rings. The topological polar surface area (TPSA) is 57.6 Å². The zero-order valence-corrected chi connectivity index (χ0v) is 11.2. The van der Waals surface area contributed by atoms with Crippen molar-refractivity contribution in [3.05, 3.63) is 41.5 Å². The summed E-state index contributed by atoms with van der Waals surface area (Å²) in [6.07, 6.45) is 6.10. The van der Waals surface area contributed by atoms with Crippen LogP contribution < -0.4 is 0 Å². The third-order valence-corrected chi connectivity index (χ3v) is 4.22. The standard InChI is InChI=1S/C16H17NO3/c18-15(19)7-5-11-2-1-3-13(8-11)16(20)17-10-12-4-6-14(17)9-12/h1-3,5,7-8,12,14H,4,6,9-10H2,(H,18,19). The third-order valence-electron chi connectivity index (χ3n) is 4.22. The van der Waals surface area contributed by atoms with Crippen molar-refractivity contribution in [3.8, 4) is 0 Å². The van der Waals surface area contributed by atoms with Gasteiger partial charge < -0.3 is 10.0 Å². The molecule has 1 N–H and O–H groups in total. The molecule has 1 aliphatic carbocycles. The Hall–Kier alpha value is -2.10. The van der Waals surface area contributed by atoms with Crippen molar-refractivity contribution in [1.82, 2.24) is 4.90 Å². The molecule has 0 radical (unpaired) electrons. The number of hydrogen-bond donors (Lipinski definition) is 1. The Kier molecular flexibility index (Phi) is 3.30. The number of carboxylic acids is 1. The second-order valence-electron chi connectivity index (χ2n) is 5.59. The number of rotatable bonds is 3. The molecular weight excluding hydrogens is 254 g/mol. The first-order valence-corrected chi connectivity index (χ1v) is 6.95. The highest BCUT2D eigenvalue weighted by Gasteiger charge is 2.40. The van der Waals surface area contributed by atoms with Gasteiger partial charge in [-0.2, -0.15) is 0 Å². The van der Waals surface area contributed by atoms with Gasteiger partial charge in [-0.3, -0.25) is 4.79 Å². The Labute approximate surface area is 117 Å². The summed E-state index contributed by atoms with van der Waals surface area (Å²) in [7, 11) is 0. The quantitative estimate of drug-likeness (QED) is 0.859. The summed E-state index contributed by atoms with van der Waals surface area (Å²) in [6, 6.07) is 7.56. The van der Waals surface area contributed by atoms with E-state index in [1.807, 2.05) is 4.90 Å². The van der Waals surface area contributed by atoms with Gasteiger partial charge in [0.1, 0.15) is 0 Å². The van der Waals surface area contributed by atoms with E-state index in [0.29, 0.717) is 17.5 Å². The maximum absolute atomic E-state index is 12.5. The van der Waals surface area contributed by atoms with Crippen molar-refractivity contribution in [2.24, 2.45) is 5.92 Å². The zero-order valence-electron chi connectivity index (χ0n) is 11.2. The number of carboxylic acid groups (broad SMARTS) is 1. The van der Waals surface area contributed by atoms with Gasteiger partial charge >= 0.3 is 5.97 Å². The zero-order chi connectivity index (χ0) is 14.1. The van der Waals surface area contributed by atoms with E-state index in [-0.39, 0.29) is 5.91 Å². The molecule has 2 fully saturated rings. The molecule has 1 heterocycles. The number of amides is 1. The van der Waals surface area contributed by atoms with Gasteiger partial charge in [0.15, 0.2) is 0 Å². The summed E-state index contributed by atoms with van der Waals surface area (Å²) in [5.74, 6) is -0.236. The van der Waals surface area contributed by atoms with Crippen LogP contribution in [0.15, 0.2) is 30.3 Å². The minimum atomic E-state index is -0.987. The number of carbonyl (C=O) groups is 2.